The number of thioether (sulfide) groups is 2. The topological polar surface area (TPSA) is 35.6 Å². The molecular weight excluding hydrogens is 470 g/mol. The highest BCUT2D eigenvalue weighted by Gasteiger charge is 2.52. The van der Waals surface area contributed by atoms with E-state index in [1.807, 2.05) is 23.5 Å². The van der Waals surface area contributed by atoms with E-state index < -0.39 is 4.08 Å². The normalized spacial score (nSPS) is 19.7. The predicted molar refractivity (Wildman–Crippen MR) is 149 cm³/mol. The number of nitrogens with zero attached hydrogens (tertiary/aromatic N) is 2. The molecule has 0 saturated carbocycles. The summed E-state index contributed by atoms with van der Waals surface area (Å²) in [6.45, 7) is 6.44. The average Bonchev–Trinajstić information content (AvgIpc) is 3.50. The molecule has 6 rings (SSSR count). The van der Waals surface area contributed by atoms with Crippen LogP contribution in [0.25, 0.3) is 11.1 Å². The number of nitrogens with one attached hydrogen (secondary N) is 1. The Morgan fingerprint density at radius 1 is 0.800 bits per heavy atom. The molecule has 3 aromatic carbocycles. The van der Waals surface area contributed by atoms with Crippen LogP contribution < -0.4 is 5.32 Å². The largest absolute Gasteiger partial charge is 0.323 e. The summed E-state index contributed by atoms with van der Waals surface area (Å²) in [7, 11) is 0. The first-order chi connectivity index (χ1) is 17.2. The van der Waals surface area contributed by atoms with Crippen molar-refractivity contribution < 1.29 is 4.79 Å². The van der Waals surface area contributed by atoms with Gasteiger partial charge in [-0.15, -0.1) is 23.5 Å². The van der Waals surface area contributed by atoms with Crippen LogP contribution in [0.1, 0.15) is 16.7 Å². The van der Waals surface area contributed by atoms with Crippen molar-refractivity contribution in [2.45, 2.75) is 17.0 Å². The smallest absolute Gasteiger partial charge is 0.255 e. The van der Waals surface area contributed by atoms with Gasteiger partial charge in [-0.3, -0.25) is 9.69 Å². The molecule has 3 heterocycles. The number of fused-ring (bicyclic) bond motifs is 2. The summed E-state index contributed by atoms with van der Waals surface area (Å²) in [6.07, 6.45) is 0.962. The van der Waals surface area contributed by atoms with Gasteiger partial charge >= 0.3 is 0 Å². The molecule has 1 N–H and O–H groups in total. The van der Waals surface area contributed by atoms with Crippen LogP contribution in [0.2, 0.25) is 0 Å². The molecule has 3 aromatic rings. The van der Waals surface area contributed by atoms with Crippen molar-refractivity contribution >= 4 is 35.1 Å². The van der Waals surface area contributed by atoms with Crippen LogP contribution in [0.3, 0.4) is 0 Å². The number of amides is 1. The summed E-state index contributed by atoms with van der Waals surface area (Å²) in [5, 5.41) is 3.22. The fourth-order valence-electron chi connectivity index (χ4n) is 5.56. The second kappa shape index (κ2) is 10.0. The summed E-state index contributed by atoms with van der Waals surface area (Å²) in [6, 6.07) is 25.8. The van der Waals surface area contributed by atoms with Crippen LogP contribution in [0, 0.1) is 0 Å². The summed E-state index contributed by atoms with van der Waals surface area (Å²) >= 11 is 3.63. The Kier molecular flexibility index (Phi) is 6.63. The predicted octanol–water partition coefficient (Wildman–Crippen LogP) is 5.30. The molecule has 1 amide bonds. The van der Waals surface area contributed by atoms with Crippen molar-refractivity contribution in [1.29, 1.82) is 0 Å². The van der Waals surface area contributed by atoms with E-state index in [-0.39, 0.29) is 5.91 Å². The molecule has 0 bridgehead atoms. The Labute approximate surface area is 216 Å². The summed E-state index contributed by atoms with van der Waals surface area (Å²) < 4.78 is -0.482. The third-order valence-corrected chi connectivity index (χ3v) is 10.7. The number of hydrogen-bond donors (Lipinski definition) is 1. The fraction of sp³-hybridized carbons (Fsp3) is 0.345. The molecule has 3 aliphatic rings. The minimum Gasteiger partial charge on any atom is -0.323 e. The van der Waals surface area contributed by atoms with E-state index >= 15 is 0 Å². The zero-order valence-corrected chi connectivity index (χ0v) is 21.5. The average molecular weight is 502 g/mol. The molecule has 4 nitrogen and oxygen atoms in total. The zero-order valence-electron chi connectivity index (χ0n) is 19.9. The van der Waals surface area contributed by atoms with E-state index in [9.17, 15) is 4.79 Å². The van der Waals surface area contributed by atoms with Gasteiger partial charge in [-0.25, -0.2) is 0 Å². The van der Waals surface area contributed by atoms with Crippen molar-refractivity contribution in [3.8, 4) is 11.1 Å². The minimum absolute atomic E-state index is 0.154. The molecule has 0 aliphatic carbocycles. The lowest BCUT2D eigenvalue weighted by molar-refractivity contribution is -0.116. The van der Waals surface area contributed by atoms with Gasteiger partial charge in [-0.1, -0.05) is 66.7 Å². The molecular formula is C29H31N3OS2. The number of carbonyl (C=O) groups excluding carboxylic acids is 1. The Balaban J connectivity index is 1.23. The Hall–Kier alpha value is -2.25. The van der Waals surface area contributed by atoms with Crippen molar-refractivity contribution in [2.24, 2.45) is 0 Å². The quantitative estimate of drug-likeness (QED) is 0.496. The van der Waals surface area contributed by atoms with Crippen LogP contribution in [0.4, 0.5) is 5.69 Å². The van der Waals surface area contributed by atoms with E-state index in [0.29, 0.717) is 0 Å². The lowest BCUT2D eigenvalue weighted by atomic mass is 9.91. The highest BCUT2D eigenvalue weighted by molar-refractivity contribution is 8.21. The lowest BCUT2D eigenvalue weighted by Crippen LogP contribution is -2.46. The van der Waals surface area contributed by atoms with E-state index in [1.165, 1.54) is 27.8 Å². The molecule has 0 aromatic heterocycles. The molecule has 1 spiro atoms. The Bertz CT molecular complexity index is 1190. The second-order valence-electron chi connectivity index (χ2n) is 9.50. The van der Waals surface area contributed by atoms with Gasteiger partial charge in [0.2, 0.25) is 0 Å². The van der Waals surface area contributed by atoms with Crippen molar-refractivity contribution in [3.05, 3.63) is 89.5 Å². The van der Waals surface area contributed by atoms with E-state index in [0.717, 1.165) is 62.9 Å². The van der Waals surface area contributed by atoms with Gasteiger partial charge in [-0.05, 0) is 34.7 Å². The van der Waals surface area contributed by atoms with Crippen LogP contribution in [-0.4, -0.2) is 59.9 Å². The maximum Gasteiger partial charge on any atom is 0.255 e. The second-order valence-corrected chi connectivity index (χ2v) is 12.4. The third-order valence-electron chi connectivity index (χ3n) is 7.36. The van der Waals surface area contributed by atoms with Gasteiger partial charge in [0.1, 0.15) is 0 Å². The number of benzene rings is 3. The first kappa shape index (κ1) is 23.2. The molecule has 2 fully saturated rings. The van der Waals surface area contributed by atoms with E-state index in [2.05, 4.69) is 87.9 Å². The zero-order chi connectivity index (χ0) is 23.7. The van der Waals surface area contributed by atoms with Gasteiger partial charge in [-0.2, -0.15) is 0 Å². The lowest BCUT2D eigenvalue weighted by Gasteiger charge is -2.35. The molecule has 2 saturated heterocycles. The Morgan fingerprint density at radius 2 is 1.46 bits per heavy atom. The summed E-state index contributed by atoms with van der Waals surface area (Å²) in [4.78, 5) is 18.3. The standard InChI is InChI=1S/C29H31N3OS2/c33-28-29(34-19-20-35-29)27-25(24(11-12-26(27)30-28)23-9-5-2-6-10-23)13-14-31-15-17-32(18-16-31)21-22-7-3-1-4-8-22/h1-12H,13-21H2,(H,30,33). The first-order valence-electron chi connectivity index (χ1n) is 12.5. The fourth-order valence-corrected chi connectivity index (χ4v) is 8.76. The van der Waals surface area contributed by atoms with E-state index in [1.54, 1.807) is 0 Å². The van der Waals surface area contributed by atoms with Crippen molar-refractivity contribution in [1.82, 2.24) is 9.80 Å². The molecule has 6 heteroatoms. The molecule has 0 radical (unpaired) electrons. The maximum atomic E-state index is 13.2. The molecule has 180 valence electrons. The number of rotatable bonds is 6. The van der Waals surface area contributed by atoms with Crippen molar-refractivity contribution in [2.75, 3.05) is 49.5 Å². The Morgan fingerprint density at radius 3 is 2.17 bits per heavy atom. The molecule has 0 unspecified atom stereocenters. The number of piperazine rings is 1. The van der Waals surface area contributed by atoms with Crippen LogP contribution in [0.15, 0.2) is 72.8 Å². The summed E-state index contributed by atoms with van der Waals surface area (Å²) in [5.74, 6) is 2.20. The molecule has 0 atom stereocenters. The first-order valence-corrected chi connectivity index (χ1v) is 14.5. The third kappa shape index (κ3) is 4.53. The highest BCUT2D eigenvalue weighted by atomic mass is 32.2. The number of carbonyl (C=O) groups is 1. The van der Waals surface area contributed by atoms with Crippen molar-refractivity contribution in [3.63, 3.8) is 0 Å². The van der Waals surface area contributed by atoms with Crippen LogP contribution in [-0.2, 0) is 21.8 Å². The van der Waals surface area contributed by atoms with Gasteiger partial charge in [0.05, 0.1) is 0 Å². The van der Waals surface area contributed by atoms with Gasteiger partial charge in [0, 0.05) is 62.0 Å². The molecule has 3 aliphatic heterocycles. The number of hydrogen-bond acceptors (Lipinski definition) is 5. The minimum atomic E-state index is -0.482. The van der Waals surface area contributed by atoms with Crippen LogP contribution >= 0.6 is 23.5 Å². The SMILES string of the molecule is O=C1Nc2ccc(-c3ccccc3)c(CCN3CCN(Cc4ccccc4)CC3)c2C12SCCS2. The summed E-state index contributed by atoms with van der Waals surface area (Å²) in [5.41, 5.74) is 7.50. The van der Waals surface area contributed by atoms with Gasteiger partial charge in [0.15, 0.2) is 4.08 Å². The van der Waals surface area contributed by atoms with Gasteiger partial charge in [0.25, 0.3) is 5.91 Å². The number of anilines is 1. The highest BCUT2D eigenvalue weighted by Crippen LogP contribution is 2.59. The monoisotopic (exact) mass is 501 g/mol. The van der Waals surface area contributed by atoms with Gasteiger partial charge < -0.3 is 10.2 Å². The molecule has 35 heavy (non-hydrogen) atoms. The maximum absolute atomic E-state index is 13.2. The van der Waals surface area contributed by atoms with Crippen LogP contribution in [0.5, 0.6) is 0 Å². The van der Waals surface area contributed by atoms with E-state index in [4.69, 9.17) is 0 Å².